The van der Waals surface area contributed by atoms with E-state index in [4.69, 9.17) is 15.2 Å². The number of hydrogen-bond acceptors (Lipinski definition) is 7. The monoisotopic (exact) mass is 404 g/mol. The number of rotatable bonds is 8. The van der Waals surface area contributed by atoms with Crippen LogP contribution in [0.3, 0.4) is 0 Å². The van der Waals surface area contributed by atoms with Gasteiger partial charge in [-0.15, -0.1) is 0 Å². The fourth-order valence-electron chi connectivity index (χ4n) is 2.62. The van der Waals surface area contributed by atoms with Crippen LogP contribution in [0.4, 0.5) is 5.69 Å². The summed E-state index contributed by atoms with van der Waals surface area (Å²) in [6.45, 7) is -0.309. The zero-order chi connectivity index (χ0) is 21.7. The molecule has 0 aliphatic heterocycles. The number of likely N-dealkylation sites (N-methyl/N-ethyl adjacent to an activating group) is 1. The first-order chi connectivity index (χ1) is 13.7. The molecular weight excluding hydrogens is 384 g/mol. The molecule has 0 fully saturated rings. The van der Waals surface area contributed by atoms with Gasteiger partial charge < -0.3 is 20.1 Å². The first kappa shape index (κ1) is 21.4. The number of nitrogens with two attached hydrogens (primary N) is 1. The van der Waals surface area contributed by atoms with Crippen LogP contribution in [0.25, 0.3) is 0 Å². The highest BCUT2D eigenvalue weighted by Gasteiger charge is 2.20. The van der Waals surface area contributed by atoms with E-state index in [2.05, 4.69) is 0 Å². The van der Waals surface area contributed by atoms with Crippen LogP contribution in [-0.4, -0.2) is 47.5 Å². The molecule has 154 valence electrons. The van der Waals surface area contributed by atoms with Gasteiger partial charge in [-0.1, -0.05) is 6.07 Å². The van der Waals surface area contributed by atoms with Crippen molar-refractivity contribution >= 4 is 17.5 Å². The van der Waals surface area contributed by atoms with E-state index in [1.54, 1.807) is 18.2 Å². The summed E-state index contributed by atoms with van der Waals surface area (Å²) in [5.41, 5.74) is 3.88. The van der Waals surface area contributed by atoms with Crippen LogP contribution < -0.4 is 20.8 Å². The summed E-state index contributed by atoms with van der Waals surface area (Å²) in [5, 5.41) is 11.0. The summed E-state index contributed by atoms with van der Waals surface area (Å²) < 4.78 is 11.2. The third kappa shape index (κ3) is 4.89. The van der Waals surface area contributed by atoms with Crippen molar-refractivity contribution in [1.29, 1.82) is 0 Å². The maximum atomic E-state index is 12.5. The smallest absolute Gasteiger partial charge is 0.286 e. The van der Waals surface area contributed by atoms with Crippen LogP contribution in [0.5, 0.6) is 11.5 Å². The number of ether oxygens (including phenoxy) is 2. The molecule has 0 atom stereocenters. The highest BCUT2D eigenvalue weighted by atomic mass is 16.6. The van der Waals surface area contributed by atoms with Crippen LogP contribution in [0.1, 0.15) is 15.9 Å². The van der Waals surface area contributed by atoms with E-state index >= 15 is 0 Å². The predicted molar refractivity (Wildman–Crippen MR) is 102 cm³/mol. The van der Waals surface area contributed by atoms with E-state index in [0.29, 0.717) is 11.5 Å². The van der Waals surface area contributed by atoms with E-state index in [0.717, 1.165) is 22.4 Å². The fraction of sp³-hybridized carbons (Fsp3) is 0.278. The molecule has 0 saturated heterocycles. The van der Waals surface area contributed by atoms with Crippen molar-refractivity contribution < 1.29 is 24.0 Å². The van der Waals surface area contributed by atoms with Crippen LogP contribution >= 0.6 is 0 Å². The summed E-state index contributed by atoms with van der Waals surface area (Å²) in [6.07, 6.45) is 0.900. The molecule has 2 rings (SSSR count). The van der Waals surface area contributed by atoms with E-state index < -0.39 is 40.1 Å². The average molecular weight is 404 g/mol. The topological polar surface area (TPSA) is 147 Å². The molecule has 2 amide bonds. The summed E-state index contributed by atoms with van der Waals surface area (Å²) in [6, 6.07) is 5.93. The largest absolute Gasteiger partial charge is 0.493 e. The Labute approximate surface area is 165 Å². The number of nitrogens with zero attached hydrogens (tertiary/aromatic N) is 3. The van der Waals surface area contributed by atoms with Crippen LogP contribution in [-0.2, 0) is 17.9 Å². The van der Waals surface area contributed by atoms with Crippen molar-refractivity contribution in [3.8, 4) is 11.5 Å². The number of primary amides is 1. The molecule has 0 aliphatic carbocycles. The van der Waals surface area contributed by atoms with Gasteiger partial charge in [-0.2, -0.15) is 0 Å². The molecule has 1 aromatic heterocycles. The van der Waals surface area contributed by atoms with Crippen molar-refractivity contribution in [2.75, 3.05) is 21.3 Å². The second-order valence-corrected chi connectivity index (χ2v) is 6.11. The first-order valence-electron chi connectivity index (χ1n) is 8.31. The number of pyridine rings is 1. The Morgan fingerprint density at radius 1 is 1.21 bits per heavy atom. The predicted octanol–water partition coefficient (Wildman–Crippen LogP) is 0.531. The minimum absolute atomic E-state index is 0.186. The first-order valence-corrected chi connectivity index (χ1v) is 8.31. The van der Waals surface area contributed by atoms with E-state index in [9.17, 15) is 24.5 Å². The zero-order valence-electron chi connectivity index (χ0n) is 16.1. The Morgan fingerprint density at radius 2 is 1.86 bits per heavy atom. The van der Waals surface area contributed by atoms with Crippen molar-refractivity contribution in [3.63, 3.8) is 0 Å². The highest BCUT2D eigenvalue weighted by molar-refractivity contribution is 5.93. The summed E-state index contributed by atoms with van der Waals surface area (Å²) in [7, 11) is 4.50. The van der Waals surface area contributed by atoms with Gasteiger partial charge in [-0.05, 0) is 17.7 Å². The summed E-state index contributed by atoms with van der Waals surface area (Å²) >= 11 is 0. The Morgan fingerprint density at radius 3 is 2.41 bits per heavy atom. The lowest BCUT2D eigenvalue weighted by atomic mass is 10.2. The molecule has 0 unspecified atom stereocenters. The number of amides is 2. The zero-order valence-corrected chi connectivity index (χ0v) is 16.1. The number of carbonyl (C=O) groups is 2. The highest BCUT2D eigenvalue weighted by Crippen LogP contribution is 2.27. The molecular formula is C18H20N4O7. The van der Waals surface area contributed by atoms with Crippen molar-refractivity contribution in [2.24, 2.45) is 5.73 Å². The maximum Gasteiger partial charge on any atom is 0.286 e. The molecule has 11 nitrogen and oxygen atoms in total. The number of methoxy groups -OCH3 is 2. The lowest BCUT2D eigenvalue weighted by Gasteiger charge is -2.19. The minimum Gasteiger partial charge on any atom is -0.493 e. The van der Waals surface area contributed by atoms with Crippen molar-refractivity contribution in [1.82, 2.24) is 9.47 Å². The SMILES string of the molecule is COc1ccc(CN(C)C(=O)Cn2cc([N+](=O)[O-])cc(C(N)=O)c2=O)cc1OC. The third-order valence-electron chi connectivity index (χ3n) is 4.15. The van der Waals surface area contributed by atoms with Gasteiger partial charge in [0.1, 0.15) is 12.1 Å². The molecule has 0 bridgehead atoms. The lowest BCUT2D eigenvalue weighted by molar-refractivity contribution is -0.385. The molecule has 29 heavy (non-hydrogen) atoms. The molecule has 1 heterocycles. The molecule has 2 N–H and O–H groups in total. The standard InChI is InChI=1S/C18H20N4O7/c1-20(8-11-4-5-14(28-2)15(6-11)29-3)16(23)10-21-9-12(22(26)27)7-13(17(19)24)18(21)25/h4-7,9H,8,10H2,1-3H3,(H2,19,24). The van der Waals surface area contributed by atoms with Gasteiger partial charge in [0.05, 0.1) is 25.3 Å². The number of carbonyl (C=O) groups excluding carboxylic acids is 2. The van der Waals surface area contributed by atoms with Crippen molar-refractivity contribution in [2.45, 2.75) is 13.1 Å². The molecule has 0 radical (unpaired) electrons. The average Bonchev–Trinajstić information content (AvgIpc) is 2.68. The Balaban J connectivity index is 2.24. The minimum atomic E-state index is -1.11. The van der Waals surface area contributed by atoms with Crippen LogP contribution in [0.15, 0.2) is 35.3 Å². The Kier molecular flexibility index (Phi) is 6.55. The van der Waals surface area contributed by atoms with Gasteiger partial charge in [-0.3, -0.25) is 29.1 Å². The fourth-order valence-corrected chi connectivity index (χ4v) is 2.62. The normalized spacial score (nSPS) is 10.3. The van der Waals surface area contributed by atoms with Crippen LogP contribution in [0.2, 0.25) is 0 Å². The van der Waals surface area contributed by atoms with Gasteiger partial charge in [0, 0.05) is 19.7 Å². The number of nitro groups is 1. The second kappa shape index (κ2) is 8.87. The second-order valence-electron chi connectivity index (χ2n) is 6.11. The maximum absolute atomic E-state index is 12.5. The summed E-state index contributed by atoms with van der Waals surface area (Å²) in [5.74, 6) is -0.587. The number of hydrogen-bond donors (Lipinski definition) is 1. The third-order valence-corrected chi connectivity index (χ3v) is 4.15. The van der Waals surface area contributed by atoms with Gasteiger partial charge in [0.15, 0.2) is 11.5 Å². The quantitative estimate of drug-likeness (QED) is 0.498. The number of benzene rings is 1. The van der Waals surface area contributed by atoms with Gasteiger partial charge >= 0.3 is 0 Å². The van der Waals surface area contributed by atoms with Gasteiger partial charge in [0.25, 0.3) is 17.2 Å². The van der Waals surface area contributed by atoms with E-state index in [1.807, 2.05) is 0 Å². The number of aromatic nitrogens is 1. The van der Waals surface area contributed by atoms with Gasteiger partial charge in [-0.25, -0.2) is 0 Å². The summed E-state index contributed by atoms with van der Waals surface area (Å²) in [4.78, 5) is 47.8. The Hall–Kier alpha value is -3.89. The molecule has 1 aromatic carbocycles. The van der Waals surface area contributed by atoms with E-state index in [1.165, 1.54) is 26.2 Å². The molecule has 11 heteroatoms. The lowest BCUT2D eigenvalue weighted by Crippen LogP contribution is -2.36. The Bertz CT molecular complexity index is 1020. The van der Waals surface area contributed by atoms with Crippen molar-refractivity contribution in [3.05, 3.63) is 62.1 Å². The molecule has 2 aromatic rings. The van der Waals surface area contributed by atoms with Crippen LogP contribution in [0, 0.1) is 10.1 Å². The van der Waals surface area contributed by atoms with E-state index in [-0.39, 0.29) is 6.54 Å². The van der Waals surface area contributed by atoms with Gasteiger partial charge in [0.2, 0.25) is 5.91 Å². The molecule has 0 aliphatic rings. The molecule has 0 spiro atoms. The molecule has 0 saturated carbocycles.